The Balaban J connectivity index is 2.28. The Labute approximate surface area is 139 Å². The van der Waals surface area contributed by atoms with Crippen LogP contribution in [0.15, 0.2) is 18.2 Å². The molecular formula is C17H22F3NO3. The lowest BCUT2D eigenvalue weighted by Gasteiger charge is -2.22. The summed E-state index contributed by atoms with van der Waals surface area (Å²) >= 11 is 0. The third-order valence-electron chi connectivity index (χ3n) is 3.93. The van der Waals surface area contributed by atoms with Crippen LogP contribution >= 0.6 is 0 Å². The average Bonchev–Trinajstić information content (AvgIpc) is 3.17. The SMILES string of the molecule is CC(C)(C)OC(=O)Nc1cc(C(F)(F)F)ccc1CC1(CO)CC1. The van der Waals surface area contributed by atoms with E-state index in [1.807, 2.05) is 0 Å². The van der Waals surface area contributed by atoms with E-state index in [4.69, 9.17) is 4.74 Å². The van der Waals surface area contributed by atoms with Crippen LogP contribution in [0.2, 0.25) is 0 Å². The smallest absolute Gasteiger partial charge is 0.416 e. The zero-order chi connectivity index (χ0) is 18.2. The van der Waals surface area contributed by atoms with Crippen LogP contribution in [-0.4, -0.2) is 23.4 Å². The number of nitrogens with one attached hydrogen (secondary N) is 1. The minimum absolute atomic E-state index is 0.0279. The van der Waals surface area contributed by atoms with Crippen molar-refractivity contribution in [3.63, 3.8) is 0 Å². The van der Waals surface area contributed by atoms with Crippen LogP contribution in [0.5, 0.6) is 0 Å². The third-order valence-corrected chi connectivity index (χ3v) is 3.93. The molecule has 0 bridgehead atoms. The highest BCUT2D eigenvalue weighted by Gasteiger charge is 2.42. The Hall–Kier alpha value is -1.76. The van der Waals surface area contributed by atoms with Crippen LogP contribution in [0.1, 0.15) is 44.7 Å². The molecule has 0 unspecified atom stereocenters. The van der Waals surface area contributed by atoms with Crippen molar-refractivity contribution in [3.05, 3.63) is 29.3 Å². The van der Waals surface area contributed by atoms with Gasteiger partial charge in [0.2, 0.25) is 0 Å². The molecule has 1 aromatic rings. The fourth-order valence-corrected chi connectivity index (χ4v) is 2.41. The summed E-state index contributed by atoms with van der Waals surface area (Å²) in [6, 6.07) is 3.25. The van der Waals surface area contributed by atoms with E-state index in [-0.39, 0.29) is 17.7 Å². The molecule has 7 heteroatoms. The van der Waals surface area contributed by atoms with Crippen LogP contribution in [0.4, 0.5) is 23.7 Å². The summed E-state index contributed by atoms with van der Waals surface area (Å²) in [6.45, 7) is 4.99. The molecule has 1 aliphatic carbocycles. The van der Waals surface area contributed by atoms with E-state index in [1.165, 1.54) is 6.07 Å². The van der Waals surface area contributed by atoms with Gasteiger partial charge >= 0.3 is 12.3 Å². The molecule has 0 saturated heterocycles. The highest BCUT2D eigenvalue weighted by Crippen LogP contribution is 2.49. The number of ether oxygens (including phenoxy) is 1. The number of alkyl halides is 3. The van der Waals surface area contributed by atoms with Crippen molar-refractivity contribution >= 4 is 11.8 Å². The van der Waals surface area contributed by atoms with E-state index in [2.05, 4.69) is 5.32 Å². The summed E-state index contributed by atoms with van der Waals surface area (Å²) in [5, 5.41) is 11.8. The number of benzene rings is 1. The molecule has 1 aromatic carbocycles. The summed E-state index contributed by atoms with van der Waals surface area (Å²) in [4.78, 5) is 11.9. The number of hydrogen-bond acceptors (Lipinski definition) is 3. The van der Waals surface area contributed by atoms with Gasteiger partial charge in [0, 0.05) is 12.3 Å². The van der Waals surface area contributed by atoms with Gasteiger partial charge in [0.1, 0.15) is 5.60 Å². The second-order valence-corrected chi connectivity index (χ2v) is 7.33. The van der Waals surface area contributed by atoms with Crippen molar-refractivity contribution in [2.75, 3.05) is 11.9 Å². The lowest BCUT2D eigenvalue weighted by Crippen LogP contribution is -2.28. The predicted octanol–water partition coefficient (Wildman–Crippen LogP) is 4.37. The molecule has 0 aromatic heterocycles. The molecule has 0 spiro atoms. The number of rotatable bonds is 4. The van der Waals surface area contributed by atoms with Gasteiger partial charge in [0.05, 0.1) is 5.56 Å². The number of halogens is 3. The van der Waals surface area contributed by atoms with Crippen molar-refractivity contribution in [3.8, 4) is 0 Å². The van der Waals surface area contributed by atoms with Crippen molar-refractivity contribution in [1.29, 1.82) is 0 Å². The van der Waals surface area contributed by atoms with Gasteiger partial charge in [-0.1, -0.05) is 6.07 Å². The number of aliphatic hydroxyl groups is 1. The normalized spacial score (nSPS) is 16.6. The lowest BCUT2D eigenvalue weighted by molar-refractivity contribution is -0.137. The fraction of sp³-hybridized carbons (Fsp3) is 0.588. The maximum Gasteiger partial charge on any atom is 0.416 e. The molecule has 1 amide bonds. The third kappa shape index (κ3) is 4.87. The summed E-state index contributed by atoms with van der Waals surface area (Å²) in [5.41, 5.74) is -1.26. The Morgan fingerprint density at radius 3 is 2.38 bits per heavy atom. The summed E-state index contributed by atoms with van der Waals surface area (Å²) in [5.74, 6) is 0. The highest BCUT2D eigenvalue weighted by molar-refractivity contribution is 5.86. The molecule has 1 aliphatic rings. The maximum atomic E-state index is 12.9. The van der Waals surface area contributed by atoms with Crippen molar-refractivity contribution in [2.45, 2.75) is 51.8 Å². The standard InChI is InChI=1S/C17H22F3NO3/c1-15(2,3)24-14(23)21-13-8-12(17(18,19)20)5-4-11(13)9-16(10-22)6-7-16/h4-5,8,22H,6-7,9-10H2,1-3H3,(H,21,23). The van der Waals surface area contributed by atoms with Crippen LogP contribution < -0.4 is 5.32 Å². The first kappa shape index (κ1) is 18.6. The largest absolute Gasteiger partial charge is 0.444 e. The Morgan fingerprint density at radius 1 is 1.29 bits per heavy atom. The molecule has 0 radical (unpaired) electrons. The predicted molar refractivity (Wildman–Crippen MR) is 83.8 cm³/mol. The zero-order valence-corrected chi connectivity index (χ0v) is 14.0. The molecule has 0 aliphatic heterocycles. The Morgan fingerprint density at radius 2 is 1.92 bits per heavy atom. The number of aliphatic hydroxyl groups excluding tert-OH is 1. The molecule has 1 fully saturated rings. The van der Waals surface area contributed by atoms with Crippen LogP contribution in [0.3, 0.4) is 0 Å². The quantitative estimate of drug-likeness (QED) is 0.852. The monoisotopic (exact) mass is 345 g/mol. The minimum Gasteiger partial charge on any atom is -0.444 e. The first-order chi connectivity index (χ1) is 10.9. The first-order valence-corrected chi connectivity index (χ1v) is 7.75. The minimum atomic E-state index is -4.50. The maximum absolute atomic E-state index is 12.9. The van der Waals surface area contributed by atoms with E-state index < -0.39 is 23.4 Å². The number of amides is 1. The van der Waals surface area contributed by atoms with Crippen molar-refractivity contribution in [1.82, 2.24) is 0 Å². The molecule has 134 valence electrons. The van der Waals surface area contributed by atoms with Gasteiger partial charge in [0.15, 0.2) is 0 Å². The Kier molecular flexibility index (Phi) is 4.86. The van der Waals surface area contributed by atoms with E-state index in [9.17, 15) is 23.1 Å². The number of anilines is 1. The van der Waals surface area contributed by atoms with E-state index in [1.54, 1.807) is 20.8 Å². The van der Waals surface area contributed by atoms with Gasteiger partial charge in [-0.15, -0.1) is 0 Å². The van der Waals surface area contributed by atoms with Gasteiger partial charge in [0.25, 0.3) is 0 Å². The summed E-state index contributed by atoms with van der Waals surface area (Å²) < 4.78 is 43.9. The average molecular weight is 345 g/mol. The summed E-state index contributed by atoms with van der Waals surface area (Å²) in [6.07, 6.45) is -3.27. The molecule has 4 nitrogen and oxygen atoms in total. The number of carbonyl (C=O) groups excluding carboxylic acids is 1. The second-order valence-electron chi connectivity index (χ2n) is 7.33. The van der Waals surface area contributed by atoms with E-state index in [0.717, 1.165) is 25.0 Å². The molecule has 24 heavy (non-hydrogen) atoms. The van der Waals surface area contributed by atoms with Gasteiger partial charge in [-0.25, -0.2) is 4.79 Å². The molecule has 2 N–H and O–H groups in total. The van der Waals surface area contributed by atoms with E-state index in [0.29, 0.717) is 12.0 Å². The fourth-order valence-electron chi connectivity index (χ4n) is 2.41. The molecule has 2 rings (SSSR count). The first-order valence-electron chi connectivity index (χ1n) is 7.75. The molecule has 1 saturated carbocycles. The summed E-state index contributed by atoms with van der Waals surface area (Å²) in [7, 11) is 0. The van der Waals surface area contributed by atoms with Crippen molar-refractivity contribution < 1.29 is 27.8 Å². The van der Waals surface area contributed by atoms with Gasteiger partial charge in [-0.05, 0) is 63.1 Å². The van der Waals surface area contributed by atoms with E-state index >= 15 is 0 Å². The zero-order valence-electron chi connectivity index (χ0n) is 14.0. The number of carbonyl (C=O) groups is 1. The Bertz CT molecular complexity index is 616. The van der Waals surface area contributed by atoms with Gasteiger partial charge in [-0.2, -0.15) is 13.2 Å². The van der Waals surface area contributed by atoms with Gasteiger partial charge in [-0.3, -0.25) is 5.32 Å². The molecule has 0 atom stereocenters. The second kappa shape index (κ2) is 6.27. The van der Waals surface area contributed by atoms with Gasteiger partial charge < -0.3 is 9.84 Å². The highest BCUT2D eigenvalue weighted by atomic mass is 19.4. The topological polar surface area (TPSA) is 58.6 Å². The van der Waals surface area contributed by atoms with Crippen LogP contribution in [0.25, 0.3) is 0 Å². The van der Waals surface area contributed by atoms with Crippen LogP contribution in [-0.2, 0) is 17.3 Å². The van der Waals surface area contributed by atoms with Crippen LogP contribution in [0, 0.1) is 5.41 Å². The van der Waals surface area contributed by atoms with Crippen molar-refractivity contribution in [2.24, 2.45) is 5.41 Å². The molecular weight excluding hydrogens is 323 g/mol. The number of hydrogen-bond donors (Lipinski definition) is 2. The lowest BCUT2D eigenvalue weighted by atomic mass is 9.95. The molecule has 0 heterocycles.